The fraction of sp³-hybridized carbons (Fsp3) is 0.412. The number of Topliss-reactive ketones (excluding diaryl/α,β-unsaturated/α-hetero) is 1. The Hall–Kier alpha value is -1.40. The Labute approximate surface area is 149 Å². The maximum atomic E-state index is 12.6. The minimum absolute atomic E-state index is 0.145. The average molecular weight is 395 g/mol. The van der Waals surface area contributed by atoms with Crippen LogP contribution in [-0.4, -0.2) is 27.4 Å². The molecule has 1 aromatic rings. The third-order valence-electron chi connectivity index (χ3n) is 4.30. The number of ketones is 1. The van der Waals surface area contributed by atoms with E-state index in [-0.39, 0.29) is 17.6 Å². The van der Waals surface area contributed by atoms with Crippen molar-refractivity contribution in [2.75, 3.05) is 6.54 Å². The summed E-state index contributed by atoms with van der Waals surface area (Å²) in [6.07, 6.45) is 3.23. The second-order valence-electron chi connectivity index (χ2n) is 5.87. The second kappa shape index (κ2) is 6.61. The highest BCUT2D eigenvalue weighted by molar-refractivity contribution is 9.10. The Bertz CT molecular complexity index is 702. The van der Waals surface area contributed by atoms with Gasteiger partial charge in [0.1, 0.15) is 5.75 Å². The van der Waals surface area contributed by atoms with Crippen LogP contribution >= 0.6 is 28.1 Å². The van der Waals surface area contributed by atoms with E-state index in [0.717, 1.165) is 41.6 Å². The number of thiocarbonyl (C=S) groups is 1. The Morgan fingerprint density at radius 3 is 2.96 bits per heavy atom. The van der Waals surface area contributed by atoms with Crippen LogP contribution in [0.4, 0.5) is 0 Å². The van der Waals surface area contributed by atoms with Gasteiger partial charge in [0.05, 0.1) is 6.04 Å². The van der Waals surface area contributed by atoms with E-state index in [2.05, 4.69) is 28.2 Å². The lowest BCUT2D eigenvalue weighted by atomic mass is 9.84. The second-order valence-corrected chi connectivity index (χ2v) is 7.18. The summed E-state index contributed by atoms with van der Waals surface area (Å²) in [5.41, 5.74) is 2.46. The molecule has 0 saturated heterocycles. The number of phenolic OH excluding ortho intramolecular Hbond substituents is 1. The van der Waals surface area contributed by atoms with E-state index in [9.17, 15) is 9.90 Å². The minimum atomic E-state index is -0.379. The highest BCUT2D eigenvalue weighted by Gasteiger charge is 2.37. The first-order valence-electron chi connectivity index (χ1n) is 7.85. The molecule has 0 fully saturated rings. The van der Waals surface area contributed by atoms with E-state index in [1.54, 1.807) is 12.1 Å². The van der Waals surface area contributed by atoms with Gasteiger partial charge in [-0.1, -0.05) is 22.9 Å². The molecule has 0 spiro atoms. The van der Waals surface area contributed by atoms with Crippen LogP contribution in [0.2, 0.25) is 0 Å². The normalized spacial score (nSPS) is 21.3. The molecular formula is C17H19BrN2O2S. The van der Waals surface area contributed by atoms with Crippen LogP contribution in [0.15, 0.2) is 33.9 Å². The van der Waals surface area contributed by atoms with Crippen molar-refractivity contribution in [3.05, 3.63) is 39.5 Å². The summed E-state index contributed by atoms with van der Waals surface area (Å²) in [7, 11) is 0. The molecule has 1 aliphatic heterocycles. The largest absolute Gasteiger partial charge is 0.508 e. The van der Waals surface area contributed by atoms with E-state index in [4.69, 9.17) is 12.2 Å². The van der Waals surface area contributed by atoms with E-state index >= 15 is 0 Å². The first kappa shape index (κ1) is 16.5. The number of aromatic hydroxyl groups is 1. The monoisotopic (exact) mass is 394 g/mol. The number of carbonyl (C=O) groups excluding carboxylic acids is 1. The summed E-state index contributed by atoms with van der Waals surface area (Å²) in [6, 6.07) is 4.88. The summed E-state index contributed by atoms with van der Waals surface area (Å²) < 4.78 is 0.861. The molecule has 0 amide bonds. The molecule has 0 radical (unpaired) electrons. The summed E-state index contributed by atoms with van der Waals surface area (Å²) in [5.74, 6) is 0.314. The lowest BCUT2D eigenvalue weighted by Crippen LogP contribution is -2.49. The Morgan fingerprint density at radius 1 is 1.43 bits per heavy atom. The van der Waals surface area contributed by atoms with Gasteiger partial charge in [-0.25, -0.2) is 0 Å². The van der Waals surface area contributed by atoms with Gasteiger partial charge < -0.3 is 15.3 Å². The van der Waals surface area contributed by atoms with E-state index in [1.807, 2.05) is 11.0 Å². The molecule has 0 bridgehead atoms. The van der Waals surface area contributed by atoms with Crippen LogP contribution in [0, 0.1) is 0 Å². The van der Waals surface area contributed by atoms with Crippen molar-refractivity contribution in [1.82, 2.24) is 10.2 Å². The predicted molar refractivity (Wildman–Crippen MR) is 97.2 cm³/mol. The average Bonchev–Trinajstić information content (AvgIpc) is 2.52. The summed E-state index contributed by atoms with van der Waals surface area (Å²) in [5, 5.41) is 14.2. The van der Waals surface area contributed by atoms with Crippen molar-refractivity contribution in [2.24, 2.45) is 0 Å². The zero-order chi connectivity index (χ0) is 16.6. The molecule has 1 unspecified atom stereocenters. The maximum absolute atomic E-state index is 12.6. The van der Waals surface area contributed by atoms with Crippen LogP contribution in [-0.2, 0) is 4.79 Å². The molecule has 0 saturated carbocycles. The molecule has 2 aliphatic rings. The Kier molecular flexibility index (Phi) is 4.73. The van der Waals surface area contributed by atoms with Gasteiger partial charge in [0.15, 0.2) is 10.9 Å². The highest BCUT2D eigenvalue weighted by atomic mass is 79.9. The Morgan fingerprint density at radius 2 is 2.22 bits per heavy atom. The van der Waals surface area contributed by atoms with Crippen molar-refractivity contribution in [2.45, 2.75) is 38.6 Å². The molecule has 122 valence electrons. The van der Waals surface area contributed by atoms with Crippen molar-refractivity contribution < 1.29 is 9.90 Å². The quantitative estimate of drug-likeness (QED) is 0.763. The first-order valence-corrected chi connectivity index (χ1v) is 9.05. The van der Waals surface area contributed by atoms with Gasteiger partial charge in [-0.2, -0.15) is 0 Å². The van der Waals surface area contributed by atoms with E-state index in [0.29, 0.717) is 17.1 Å². The molecule has 23 heavy (non-hydrogen) atoms. The lowest BCUT2D eigenvalue weighted by Gasteiger charge is -2.41. The summed E-state index contributed by atoms with van der Waals surface area (Å²) in [6.45, 7) is 2.90. The van der Waals surface area contributed by atoms with Crippen LogP contribution in [0.3, 0.4) is 0 Å². The molecule has 4 nitrogen and oxygen atoms in total. The fourth-order valence-corrected chi connectivity index (χ4v) is 4.00. The minimum Gasteiger partial charge on any atom is -0.508 e. The number of phenols is 1. The molecule has 1 heterocycles. The Balaban J connectivity index is 2.13. The third kappa shape index (κ3) is 3.02. The number of rotatable bonds is 3. The standard InChI is InChI=1S/C17H19BrN2O2S/c1-2-8-20-12-4-3-5-14(22)15(12)16(19-17(20)23)11-9-10(18)6-7-13(11)21/h6-7,9,16,21H,2-5,8H2,1H3,(H,19,23). The van der Waals surface area contributed by atoms with Crippen LogP contribution < -0.4 is 5.32 Å². The zero-order valence-corrected chi connectivity index (χ0v) is 15.3. The molecule has 0 aromatic heterocycles. The van der Waals surface area contributed by atoms with Crippen LogP contribution in [0.5, 0.6) is 5.75 Å². The number of nitrogens with one attached hydrogen (secondary N) is 1. The van der Waals surface area contributed by atoms with Gasteiger partial charge in [0.2, 0.25) is 0 Å². The third-order valence-corrected chi connectivity index (χ3v) is 5.14. The molecule has 1 aliphatic carbocycles. The van der Waals surface area contributed by atoms with Gasteiger partial charge >= 0.3 is 0 Å². The van der Waals surface area contributed by atoms with Gasteiger partial charge in [-0.3, -0.25) is 4.79 Å². The number of carbonyl (C=O) groups is 1. The number of hydrogen-bond acceptors (Lipinski definition) is 3. The first-order chi connectivity index (χ1) is 11.0. The molecule has 6 heteroatoms. The smallest absolute Gasteiger partial charge is 0.173 e. The van der Waals surface area contributed by atoms with Gasteiger partial charge in [0, 0.05) is 34.3 Å². The van der Waals surface area contributed by atoms with Crippen molar-refractivity contribution in [3.8, 4) is 5.75 Å². The molecule has 1 atom stereocenters. The SMILES string of the molecule is CCCN1C(=S)NC(c2cc(Br)ccc2O)C2=C1CCCC2=O. The number of hydrogen-bond donors (Lipinski definition) is 2. The van der Waals surface area contributed by atoms with Gasteiger partial charge in [-0.05, 0) is 49.7 Å². The van der Waals surface area contributed by atoms with Crippen LogP contribution in [0.25, 0.3) is 0 Å². The maximum Gasteiger partial charge on any atom is 0.173 e. The lowest BCUT2D eigenvalue weighted by molar-refractivity contribution is -0.116. The van der Waals surface area contributed by atoms with Gasteiger partial charge in [0.25, 0.3) is 0 Å². The molecular weight excluding hydrogens is 376 g/mol. The van der Waals surface area contributed by atoms with Gasteiger partial charge in [-0.15, -0.1) is 0 Å². The summed E-state index contributed by atoms with van der Waals surface area (Å²) in [4.78, 5) is 14.7. The van der Waals surface area contributed by atoms with Crippen molar-refractivity contribution in [3.63, 3.8) is 0 Å². The predicted octanol–water partition coefficient (Wildman–Crippen LogP) is 3.80. The van der Waals surface area contributed by atoms with Crippen molar-refractivity contribution in [1.29, 1.82) is 0 Å². The number of nitrogens with zero attached hydrogens (tertiary/aromatic N) is 1. The molecule has 3 rings (SSSR count). The van der Waals surface area contributed by atoms with Crippen LogP contribution in [0.1, 0.15) is 44.2 Å². The fourth-order valence-electron chi connectivity index (χ4n) is 3.30. The zero-order valence-electron chi connectivity index (χ0n) is 12.9. The van der Waals surface area contributed by atoms with E-state index in [1.165, 1.54) is 0 Å². The highest BCUT2D eigenvalue weighted by Crippen LogP contribution is 2.40. The molecule has 1 aromatic carbocycles. The van der Waals surface area contributed by atoms with Crippen molar-refractivity contribution >= 4 is 39.0 Å². The number of allylic oxidation sites excluding steroid dienone is 1. The number of halogens is 1. The topological polar surface area (TPSA) is 52.6 Å². The number of benzene rings is 1. The molecule has 2 N–H and O–H groups in total. The van der Waals surface area contributed by atoms with E-state index < -0.39 is 0 Å². The summed E-state index contributed by atoms with van der Waals surface area (Å²) >= 11 is 8.96.